The van der Waals surface area contributed by atoms with Gasteiger partial charge in [-0.1, -0.05) is 40.7 Å². The summed E-state index contributed by atoms with van der Waals surface area (Å²) in [5.74, 6) is -0.899. The molecule has 4 rings (SSSR count). The average molecular weight is 523 g/mol. The number of rotatable bonds is 9. The van der Waals surface area contributed by atoms with E-state index in [4.69, 9.17) is 4.74 Å². The number of Topliss-reactive ketones (excluding diaryl/α,β-unsaturated/α-hetero) is 1. The maximum absolute atomic E-state index is 13.1. The third-order valence-corrected chi connectivity index (χ3v) is 6.11. The van der Waals surface area contributed by atoms with Crippen molar-refractivity contribution in [3.63, 3.8) is 0 Å². The SMILES string of the molecule is C=CCOc1ccc(/C(O)=C2\C(=O)C(=O)N(CCC[n+]3cc[nH]c3)C2c2cccc(Br)c2)cc1. The molecule has 2 N–H and O–H groups in total. The van der Waals surface area contributed by atoms with Gasteiger partial charge < -0.3 is 14.7 Å². The van der Waals surface area contributed by atoms with E-state index in [2.05, 4.69) is 27.5 Å². The highest BCUT2D eigenvalue weighted by atomic mass is 79.9. The summed E-state index contributed by atoms with van der Waals surface area (Å²) in [5, 5.41) is 11.2. The predicted octanol–water partition coefficient (Wildman–Crippen LogP) is 4.14. The number of nitrogens with zero attached hydrogens (tertiary/aromatic N) is 2. The fourth-order valence-corrected chi connectivity index (χ4v) is 4.45. The zero-order valence-electron chi connectivity index (χ0n) is 18.5. The molecule has 1 fully saturated rings. The van der Waals surface area contributed by atoms with E-state index >= 15 is 0 Å². The summed E-state index contributed by atoms with van der Waals surface area (Å²) in [4.78, 5) is 30.7. The molecule has 0 bridgehead atoms. The lowest BCUT2D eigenvalue weighted by molar-refractivity contribution is -0.695. The fraction of sp³-hybridized carbons (Fsp3) is 0.192. The Kier molecular flexibility index (Phi) is 7.27. The lowest BCUT2D eigenvalue weighted by Crippen LogP contribution is -2.36. The number of halogens is 1. The van der Waals surface area contributed by atoms with Crippen molar-refractivity contribution in [2.75, 3.05) is 13.2 Å². The lowest BCUT2D eigenvalue weighted by atomic mass is 9.95. The van der Waals surface area contributed by atoms with Crippen molar-refractivity contribution in [2.24, 2.45) is 0 Å². The summed E-state index contributed by atoms with van der Waals surface area (Å²) in [6, 6.07) is 13.5. The number of aryl methyl sites for hydroxylation is 1. The number of imidazole rings is 1. The van der Waals surface area contributed by atoms with Crippen LogP contribution in [0.1, 0.15) is 23.6 Å². The van der Waals surface area contributed by atoms with E-state index < -0.39 is 17.7 Å². The summed E-state index contributed by atoms with van der Waals surface area (Å²) in [6.45, 7) is 5.03. The molecular weight excluding hydrogens is 498 g/mol. The van der Waals surface area contributed by atoms with Crippen LogP contribution in [0.25, 0.3) is 5.76 Å². The number of aromatic amines is 1. The molecule has 1 aliphatic rings. The Morgan fingerprint density at radius 1 is 1.24 bits per heavy atom. The summed E-state index contributed by atoms with van der Waals surface area (Å²) in [5.41, 5.74) is 1.26. The van der Waals surface area contributed by atoms with Gasteiger partial charge in [-0.2, -0.15) is 0 Å². The van der Waals surface area contributed by atoms with Gasteiger partial charge in [0.05, 0.1) is 18.2 Å². The number of nitrogens with one attached hydrogen (secondary N) is 1. The summed E-state index contributed by atoms with van der Waals surface area (Å²) in [6.07, 6.45) is 7.85. The number of aliphatic hydroxyl groups excluding tert-OH is 1. The number of amides is 1. The molecule has 8 heteroatoms. The van der Waals surface area contributed by atoms with E-state index in [9.17, 15) is 14.7 Å². The van der Waals surface area contributed by atoms with Crippen molar-refractivity contribution in [1.29, 1.82) is 0 Å². The molecule has 2 aromatic carbocycles. The van der Waals surface area contributed by atoms with E-state index in [0.29, 0.717) is 37.4 Å². The molecule has 3 aromatic rings. The topological polar surface area (TPSA) is 86.5 Å². The third kappa shape index (κ3) is 4.97. The van der Waals surface area contributed by atoms with E-state index in [1.807, 2.05) is 47.6 Å². The Morgan fingerprint density at radius 3 is 2.71 bits per heavy atom. The minimum atomic E-state index is -0.691. The molecule has 1 unspecified atom stereocenters. The normalized spacial score (nSPS) is 17.2. The molecule has 2 heterocycles. The Labute approximate surface area is 206 Å². The summed E-state index contributed by atoms with van der Waals surface area (Å²) >= 11 is 3.47. The molecule has 0 spiro atoms. The molecule has 7 nitrogen and oxygen atoms in total. The second-order valence-corrected chi connectivity index (χ2v) is 8.79. The maximum atomic E-state index is 13.1. The number of hydrogen-bond acceptors (Lipinski definition) is 4. The third-order valence-electron chi connectivity index (χ3n) is 5.62. The van der Waals surface area contributed by atoms with Gasteiger partial charge in [-0.3, -0.25) is 14.6 Å². The van der Waals surface area contributed by atoms with Gasteiger partial charge in [0.15, 0.2) is 0 Å². The zero-order valence-corrected chi connectivity index (χ0v) is 20.1. The molecule has 34 heavy (non-hydrogen) atoms. The molecule has 1 amide bonds. The minimum absolute atomic E-state index is 0.0807. The summed E-state index contributed by atoms with van der Waals surface area (Å²) in [7, 11) is 0. The van der Waals surface area contributed by atoms with Crippen LogP contribution in [0.15, 0.2) is 90.0 Å². The fourth-order valence-electron chi connectivity index (χ4n) is 4.04. The first-order valence-electron chi connectivity index (χ1n) is 10.9. The lowest BCUT2D eigenvalue weighted by Gasteiger charge is -2.25. The summed E-state index contributed by atoms with van der Waals surface area (Å²) < 4.78 is 8.29. The van der Waals surface area contributed by atoms with Crippen molar-refractivity contribution < 1.29 is 24.0 Å². The second kappa shape index (κ2) is 10.5. The minimum Gasteiger partial charge on any atom is -0.507 e. The van der Waals surface area contributed by atoms with Crippen LogP contribution in [-0.2, 0) is 16.1 Å². The number of aromatic nitrogens is 2. The van der Waals surface area contributed by atoms with Crippen molar-refractivity contribution in [3.05, 3.63) is 101 Å². The molecule has 174 valence electrons. The number of ether oxygens (including phenoxy) is 1. The van der Waals surface area contributed by atoms with E-state index in [-0.39, 0.29) is 11.3 Å². The highest BCUT2D eigenvalue weighted by Gasteiger charge is 2.45. The molecule has 0 radical (unpaired) electrons. The highest BCUT2D eigenvalue weighted by Crippen LogP contribution is 2.40. The van der Waals surface area contributed by atoms with Crippen LogP contribution in [0.3, 0.4) is 0 Å². The van der Waals surface area contributed by atoms with Crippen LogP contribution in [0.2, 0.25) is 0 Å². The number of carbonyl (C=O) groups is 2. The van der Waals surface area contributed by atoms with Crippen molar-refractivity contribution in [2.45, 2.75) is 19.0 Å². The molecule has 1 saturated heterocycles. The van der Waals surface area contributed by atoms with Gasteiger partial charge in [0.25, 0.3) is 11.7 Å². The van der Waals surface area contributed by atoms with Crippen LogP contribution >= 0.6 is 15.9 Å². The van der Waals surface area contributed by atoms with Crippen LogP contribution in [0.5, 0.6) is 5.75 Å². The van der Waals surface area contributed by atoms with E-state index in [0.717, 1.165) is 10.0 Å². The van der Waals surface area contributed by atoms with E-state index in [1.54, 1.807) is 35.2 Å². The van der Waals surface area contributed by atoms with Crippen LogP contribution in [-0.4, -0.2) is 39.8 Å². The van der Waals surface area contributed by atoms with Gasteiger partial charge in [-0.25, -0.2) is 4.57 Å². The smallest absolute Gasteiger partial charge is 0.295 e. The zero-order chi connectivity index (χ0) is 24.1. The van der Waals surface area contributed by atoms with Crippen LogP contribution in [0, 0.1) is 0 Å². The number of H-pyrrole nitrogens is 1. The number of ketones is 1. The molecule has 1 aromatic heterocycles. The maximum Gasteiger partial charge on any atom is 0.295 e. The Hall–Kier alpha value is -3.65. The number of aliphatic hydroxyl groups is 1. The Morgan fingerprint density at radius 2 is 2.03 bits per heavy atom. The van der Waals surface area contributed by atoms with Crippen molar-refractivity contribution >= 4 is 33.4 Å². The van der Waals surface area contributed by atoms with Gasteiger partial charge in [0, 0.05) is 23.0 Å². The standard InChI is InChI=1S/C26H24BrN3O4/c1-2-15-34-21-9-7-18(8-10-21)24(31)22-23(19-5-3-6-20(27)16-19)30(26(33)25(22)32)13-4-12-29-14-11-28-17-29/h2-3,5-11,14,16-17,23H,1,4,12-13,15H2,(H,31,32)/p+1. The van der Waals surface area contributed by atoms with Gasteiger partial charge in [0.2, 0.25) is 6.33 Å². The molecule has 0 saturated carbocycles. The Bertz CT molecular complexity index is 1220. The van der Waals surface area contributed by atoms with Gasteiger partial charge in [0.1, 0.15) is 30.5 Å². The quantitative estimate of drug-likeness (QED) is 0.145. The molecule has 0 aliphatic carbocycles. The Balaban J connectivity index is 1.69. The highest BCUT2D eigenvalue weighted by molar-refractivity contribution is 9.10. The number of benzene rings is 2. The molecule has 1 aliphatic heterocycles. The predicted molar refractivity (Wildman–Crippen MR) is 131 cm³/mol. The first kappa shape index (κ1) is 23.5. The van der Waals surface area contributed by atoms with Gasteiger partial charge in [-0.15, -0.1) is 0 Å². The molecule has 1 atom stereocenters. The second-order valence-electron chi connectivity index (χ2n) is 7.87. The number of likely N-dealkylation sites (tertiary alicyclic amines) is 1. The first-order chi connectivity index (χ1) is 16.5. The molecular formula is C26H25BrN3O4+. The largest absolute Gasteiger partial charge is 0.507 e. The monoisotopic (exact) mass is 522 g/mol. The van der Waals surface area contributed by atoms with Crippen LogP contribution < -0.4 is 9.30 Å². The van der Waals surface area contributed by atoms with Crippen LogP contribution in [0.4, 0.5) is 0 Å². The number of hydrogen-bond donors (Lipinski definition) is 2. The van der Waals surface area contributed by atoms with Gasteiger partial charge >= 0.3 is 0 Å². The van der Waals surface area contributed by atoms with E-state index in [1.165, 1.54) is 0 Å². The average Bonchev–Trinajstić information content (AvgIpc) is 3.45. The first-order valence-corrected chi connectivity index (χ1v) is 11.7. The van der Waals surface area contributed by atoms with Crippen molar-refractivity contribution in [3.8, 4) is 5.75 Å². The van der Waals surface area contributed by atoms with Gasteiger partial charge in [-0.05, 0) is 42.0 Å². The van der Waals surface area contributed by atoms with Crippen molar-refractivity contribution in [1.82, 2.24) is 9.88 Å². The number of carbonyl (C=O) groups excluding carboxylic acids is 2.